The SMILES string of the molecule is CCC(CN1CCCC1)NC(=O)Cc1ccc(OC)c2ccccc12. The first-order valence-electron chi connectivity index (χ1n) is 9.27. The second-order valence-electron chi connectivity index (χ2n) is 6.83. The van der Waals surface area contributed by atoms with Gasteiger partial charge in [0.25, 0.3) is 0 Å². The normalized spacial score (nSPS) is 16.1. The van der Waals surface area contributed by atoms with Crippen molar-refractivity contribution in [1.29, 1.82) is 0 Å². The van der Waals surface area contributed by atoms with Crippen LogP contribution in [-0.4, -0.2) is 43.6 Å². The maximum Gasteiger partial charge on any atom is 0.224 e. The van der Waals surface area contributed by atoms with Crippen molar-refractivity contribution in [3.05, 3.63) is 42.0 Å². The number of hydrogen-bond acceptors (Lipinski definition) is 3. The van der Waals surface area contributed by atoms with Crippen LogP contribution in [0, 0.1) is 0 Å². The van der Waals surface area contributed by atoms with E-state index in [1.54, 1.807) is 7.11 Å². The minimum absolute atomic E-state index is 0.0985. The molecule has 1 fully saturated rings. The molecule has 1 amide bonds. The minimum Gasteiger partial charge on any atom is -0.496 e. The molecule has 1 N–H and O–H groups in total. The molecule has 134 valence electrons. The second-order valence-corrected chi connectivity index (χ2v) is 6.83. The van der Waals surface area contributed by atoms with Crippen LogP contribution >= 0.6 is 0 Å². The molecular formula is C21H28N2O2. The molecule has 0 saturated carbocycles. The number of hydrogen-bond donors (Lipinski definition) is 1. The molecule has 0 aliphatic carbocycles. The van der Waals surface area contributed by atoms with Crippen LogP contribution in [0.25, 0.3) is 10.8 Å². The third-order valence-electron chi connectivity index (χ3n) is 5.08. The summed E-state index contributed by atoms with van der Waals surface area (Å²) in [6, 6.07) is 12.3. The number of rotatable bonds is 7. The fourth-order valence-electron chi connectivity index (χ4n) is 3.67. The Morgan fingerprint density at radius 3 is 2.56 bits per heavy atom. The van der Waals surface area contributed by atoms with Crippen LogP contribution in [0.4, 0.5) is 0 Å². The number of amides is 1. The van der Waals surface area contributed by atoms with Gasteiger partial charge in [-0.05, 0) is 49.4 Å². The molecule has 1 unspecified atom stereocenters. The van der Waals surface area contributed by atoms with E-state index in [0.717, 1.165) is 48.1 Å². The number of carbonyl (C=O) groups is 1. The molecule has 0 radical (unpaired) electrons. The molecule has 0 spiro atoms. The molecule has 1 atom stereocenters. The highest BCUT2D eigenvalue weighted by Gasteiger charge is 2.18. The van der Waals surface area contributed by atoms with Crippen molar-refractivity contribution in [3.63, 3.8) is 0 Å². The van der Waals surface area contributed by atoms with Crippen LogP contribution in [-0.2, 0) is 11.2 Å². The lowest BCUT2D eigenvalue weighted by molar-refractivity contribution is -0.121. The van der Waals surface area contributed by atoms with Gasteiger partial charge in [-0.15, -0.1) is 0 Å². The number of benzene rings is 2. The van der Waals surface area contributed by atoms with E-state index >= 15 is 0 Å². The van der Waals surface area contributed by atoms with Crippen molar-refractivity contribution in [2.24, 2.45) is 0 Å². The monoisotopic (exact) mass is 340 g/mol. The number of nitrogens with zero attached hydrogens (tertiary/aromatic N) is 1. The Kier molecular flexibility index (Phi) is 5.92. The van der Waals surface area contributed by atoms with Gasteiger partial charge < -0.3 is 15.0 Å². The van der Waals surface area contributed by atoms with Gasteiger partial charge in [0.05, 0.1) is 13.5 Å². The summed E-state index contributed by atoms with van der Waals surface area (Å²) in [5, 5.41) is 5.37. The summed E-state index contributed by atoms with van der Waals surface area (Å²) in [5.74, 6) is 0.946. The van der Waals surface area contributed by atoms with E-state index in [1.807, 2.05) is 30.3 Å². The zero-order valence-corrected chi connectivity index (χ0v) is 15.3. The molecule has 25 heavy (non-hydrogen) atoms. The van der Waals surface area contributed by atoms with Crippen LogP contribution in [0.15, 0.2) is 36.4 Å². The summed E-state index contributed by atoms with van der Waals surface area (Å²) < 4.78 is 5.44. The molecule has 0 aromatic heterocycles. The fourth-order valence-corrected chi connectivity index (χ4v) is 3.67. The zero-order chi connectivity index (χ0) is 17.6. The lowest BCUT2D eigenvalue weighted by atomic mass is 10.0. The van der Waals surface area contributed by atoms with Crippen LogP contribution in [0.2, 0.25) is 0 Å². The standard InChI is InChI=1S/C21H28N2O2/c1-3-17(15-23-12-6-7-13-23)22-21(24)14-16-10-11-20(25-2)19-9-5-4-8-18(16)19/h4-5,8-11,17H,3,6-7,12-15H2,1-2H3,(H,22,24). The van der Waals surface area contributed by atoms with Crippen molar-refractivity contribution < 1.29 is 9.53 Å². The molecule has 1 aliphatic heterocycles. The van der Waals surface area contributed by atoms with Crippen molar-refractivity contribution in [3.8, 4) is 5.75 Å². The Morgan fingerprint density at radius 1 is 1.16 bits per heavy atom. The van der Waals surface area contributed by atoms with Crippen molar-refractivity contribution in [2.45, 2.75) is 38.6 Å². The molecule has 2 aromatic carbocycles. The average molecular weight is 340 g/mol. The molecule has 0 bridgehead atoms. The number of methoxy groups -OCH3 is 1. The van der Waals surface area contributed by atoms with Gasteiger partial charge in [-0.3, -0.25) is 4.79 Å². The van der Waals surface area contributed by atoms with Gasteiger partial charge in [0.2, 0.25) is 5.91 Å². The molecular weight excluding hydrogens is 312 g/mol. The first-order valence-corrected chi connectivity index (χ1v) is 9.27. The predicted octanol–water partition coefficient (Wildman–Crippen LogP) is 3.38. The molecule has 4 heteroatoms. The number of carbonyl (C=O) groups excluding carboxylic acids is 1. The van der Waals surface area contributed by atoms with Gasteiger partial charge in [0, 0.05) is 18.0 Å². The van der Waals surface area contributed by atoms with Crippen LogP contribution < -0.4 is 10.1 Å². The van der Waals surface area contributed by atoms with E-state index in [1.165, 1.54) is 12.8 Å². The Hall–Kier alpha value is -2.07. The third kappa shape index (κ3) is 4.31. The summed E-state index contributed by atoms with van der Waals surface area (Å²) in [4.78, 5) is 15.0. The molecule has 1 aliphatic rings. The number of nitrogens with one attached hydrogen (secondary N) is 1. The first-order chi connectivity index (χ1) is 12.2. The van der Waals surface area contributed by atoms with Gasteiger partial charge in [-0.25, -0.2) is 0 Å². The van der Waals surface area contributed by atoms with Crippen molar-refractivity contribution in [2.75, 3.05) is 26.7 Å². The predicted molar refractivity (Wildman–Crippen MR) is 102 cm³/mol. The average Bonchev–Trinajstić information content (AvgIpc) is 3.14. The third-order valence-corrected chi connectivity index (χ3v) is 5.08. The van der Waals surface area contributed by atoms with Crippen LogP contribution in [0.3, 0.4) is 0 Å². The first kappa shape index (κ1) is 17.7. The number of ether oxygens (including phenoxy) is 1. The number of fused-ring (bicyclic) bond motifs is 1. The van der Waals surface area contributed by atoms with Gasteiger partial charge in [0.1, 0.15) is 5.75 Å². The van der Waals surface area contributed by atoms with Crippen LogP contribution in [0.1, 0.15) is 31.7 Å². The van der Waals surface area contributed by atoms with Crippen molar-refractivity contribution in [1.82, 2.24) is 10.2 Å². The van der Waals surface area contributed by atoms with E-state index < -0.39 is 0 Å². The summed E-state index contributed by atoms with van der Waals surface area (Å²) >= 11 is 0. The molecule has 4 nitrogen and oxygen atoms in total. The van der Waals surface area contributed by atoms with Gasteiger partial charge in [-0.1, -0.05) is 37.3 Å². The minimum atomic E-state index is 0.0985. The molecule has 2 aromatic rings. The van der Waals surface area contributed by atoms with E-state index in [-0.39, 0.29) is 11.9 Å². The number of likely N-dealkylation sites (tertiary alicyclic amines) is 1. The maximum atomic E-state index is 12.6. The van der Waals surface area contributed by atoms with E-state index in [9.17, 15) is 4.79 Å². The van der Waals surface area contributed by atoms with Gasteiger partial charge in [0.15, 0.2) is 0 Å². The van der Waals surface area contributed by atoms with E-state index in [4.69, 9.17) is 4.74 Å². The highest BCUT2D eigenvalue weighted by Crippen LogP contribution is 2.28. The Morgan fingerprint density at radius 2 is 1.88 bits per heavy atom. The van der Waals surface area contributed by atoms with E-state index in [0.29, 0.717) is 6.42 Å². The zero-order valence-electron chi connectivity index (χ0n) is 15.3. The maximum absolute atomic E-state index is 12.6. The van der Waals surface area contributed by atoms with Gasteiger partial charge >= 0.3 is 0 Å². The summed E-state index contributed by atoms with van der Waals surface area (Å²) in [6.45, 7) is 5.43. The Balaban J connectivity index is 1.69. The fraction of sp³-hybridized carbons (Fsp3) is 0.476. The lowest BCUT2D eigenvalue weighted by Crippen LogP contribution is -2.43. The lowest BCUT2D eigenvalue weighted by Gasteiger charge is -2.23. The van der Waals surface area contributed by atoms with E-state index in [2.05, 4.69) is 23.2 Å². The summed E-state index contributed by atoms with van der Waals surface area (Å²) in [7, 11) is 1.68. The Bertz CT molecular complexity index is 723. The summed E-state index contributed by atoms with van der Waals surface area (Å²) in [6.07, 6.45) is 3.93. The largest absolute Gasteiger partial charge is 0.496 e. The molecule has 1 heterocycles. The molecule has 3 rings (SSSR count). The van der Waals surface area contributed by atoms with Crippen LogP contribution in [0.5, 0.6) is 5.75 Å². The topological polar surface area (TPSA) is 41.6 Å². The molecule has 1 saturated heterocycles. The summed E-state index contributed by atoms with van der Waals surface area (Å²) in [5.41, 5.74) is 1.05. The second kappa shape index (κ2) is 8.34. The highest BCUT2D eigenvalue weighted by atomic mass is 16.5. The highest BCUT2D eigenvalue weighted by molar-refractivity contribution is 5.94. The van der Waals surface area contributed by atoms with Crippen molar-refractivity contribution >= 4 is 16.7 Å². The Labute approximate surface area is 150 Å². The van der Waals surface area contributed by atoms with Gasteiger partial charge in [-0.2, -0.15) is 0 Å². The smallest absolute Gasteiger partial charge is 0.224 e. The quantitative estimate of drug-likeness (QED) is 0.840.